The van der Waals surface area contributed by atoms with Crippen molar-refractivity contribution < 1.29 is 8.42 Å². The second kappa shape index (κ2) is 5.85. The SMILES string of the molecule is Cc1ccc(S(=O)(=O)N2c3ccc(C)cc3[C@@H]3CN(C)CC[C@@H]32)cc1. The smallest absolute Gasteiger partial charge is 0.264 e. The Hall–Kier alpha value is -1.85. The van der Waals surface area contributed by atoms with Crippen molar-refractivity contribution in [1.82, 2.24) is 4.90 Å². The average Bonchev–Trinajstić information content (AvgIpc) is 2.89. The predicted molar refractivity (Wildman–Crippen MR) is 101 cm³/mol. The van der Waals surface area contributed by atoms with Crippen LogP contribution in [0.4, 0.5) is 5.69 Å². The number of benzene rings is 2. The Bertz CT molecular complexity index is 906. The maximum absolute atomic E-state index is 13.4. The molecule has 25 heavy (non-hydrogen) atoms. The quantitative estimate of drug-likeness (QED) is 0.829. The summed E-state index contributed by atoms with van der Waals surface area (Å²) in [6.07, 6.45) is 0.861. The van der Waals surface area contributed by atoms with E-state index in [1.807, 2.05) is 31.2 Å². The highest BCUT2D eigenvalue weighted by molar-refractivity contribution is 7.92. The zero-order chi connectivity index (χ0) is 17.8. The van der Waals surface area contributed by atoms with Crippen LogP contribution in [-0.2, 0) is 10.0 Å². The molecule has 2 heterocycles. The van der Waals surface area contributed by atoms with Crippen LogP contribution in [0.5, 0.6) is 0 Å². The molecule has 0 N–H and O–H groups in total. The number of hydrogen-bond acceptors (Lipinski definition) is 3. The van der Waals surface area contributed by atoms with Gasteiger partial charge in [0.05, 0.1) is 16.6 Å². The molecule has 0 aliphatic carbocycles. The van der Waals surface area contributed by atoms with Gasteiger partial charge in [0, 0.05) is 12.5 Å². The molecule has 132 valence electrons. The Kier molecular flexibility index (Phi) is 3.89. The lowest BCUT2D eigenvalue weighted by atomic mass is 9.89. The van der Waals surface area contributed by atoms with Crippen LogP contribution in [0, 0.1) is 13.8 Å². The van der Waals surface area contributed by atoms with E-state index >= 15 is 0 Å². The molecule has 0 radical (unpaired) electrons. The van der Waals surface area contributed by atoms with Gasteiger partial charge in [0.25, 0.3) is 10.0 Å². The van der Waals surface area contributed by atoms with Crippen LogP contribution in [0.25, 0.3) is 0 Å². The van der Waals surface area contributed by atoms with Crippen LogP contribution in [0.15, 0.2) is 47.4 Å². The molecule has 2 aliphatic rings. The Labute approximate surface area is 150 Å². The second-order valence-electron chi connectivity index (χ2n) is 7.40. The molecule has 1 fully saturated rings. The van der Waals surface area contributed by atoms with Crippen molar-refractivity contribution in [1.29, 1.82) is 0 Å². The van der Waals surface area contributed by atoms with Crippen LogP contribution in [0.1, 0.15) is 29.0 Å². The van der Waals surface area contributed by atoms with E-state index in [0.717, 1.165) is 30.8 Å². The predicted octanol–water partition coefficient (Wildman–Crippen LogP) is 3.30. The minimum absolute atomic E-state index is 0.0132. The number of likely N-dealkylation sites (N-methyl/N-ethyl adjacent to an activating group) is 1. The molecule has 0 amide bonds. The van der Waals surface area contributed by atoms with Crippen molar-refractivity contribution in [3.8, 4) is 0 Å². The van der Waals surface area contributed by atoms with E-state index in [1.54, 1.807) is 16.4 Å². The molecule has 2 aliphatic heterocycles. The van der Waals surface area contributed by atoms with Crippen LogP contribution in [0.3, 0.4) is 0 Å². The number of sulfonamides is 1. The van der Waals surface area contributed by atoms with E-state index in [1.165, 1.54) is 11.1 Å². The number of likely N-dealkylation sites (tertiary alicyclic amines) is 1. The Balaban J connectivity index is 1.85. The highest BCUT2D eigenvalue weighted by Crippen LogP contribution is 2.47. The van der Waals surface area contributed by atoms with Crippen molar-refractivity contribution >= 4 is 15.7 Å². The zero-order valence-electron chi connectivity index (χ0n) is 14.9. The summed E-state index contributed by atoms with van der Waals surface area (Å²) >= 11 is 0. The highest BCUT2D eigenvalue weighted by Gasteiger charge is 2.46. The fourth-order valence-electron chi connectivity index (χ4n) is 4.17. The molecular formula is C20H24N2O2S. The van der Waals surface area contributed by atoms with Gasteiger partial charge < -0.3 is 4.90 Å². The van der Waals surface area contributed by atoms with Gasteiger partial charge in [-0.1, -0.05) is 35.4 Å². The third-order valence-electron chi connectivity index (χ3n) is 5.48. The largest absolute Gasteiger partial charge is 0.306 e. The standard InChI is InChI=1S/C20H24N2O2S/c1-14-4-7-16(8-5-14)25(23,24)22-19-9-6-15(2)12-17(19)18-13-21(3)11-10-20(18)22/h4-9,12,18,20H,10-11,13H2,1-3H3/t18-,20-/m0/s1. The summed E-state index contributed by atoms with van der Waals surface area (Å²) in [7, 11) is -1.44. The van der Waals surface area contributed by atoms with Gasteiger partial charge in [0.15, 0.2) is 0 Å². The summed E-state index contributed by atoms with van der Waals surface area (Å²) in [5.74, 6) is 0.244. The monoisotopic (exact) mass is 356 g/mol. The van der Waals surface area contributed by atoms with Gasteiger partial charge in [-0.25, -0.2) is 8.42 Å². The molecule has 2 aromatic carbocycles. The molecule has 0 spiro atoms. The molecule has 2 aromatic rings. The number of nitrogens with zero attached hydrogens (tertiary/aromatic N) is 2. The maximum atomic E-state index is 13.4. The van der Waals surface area contributed by atoms with Gasteiger partial charge in [0.2, 0.25) is 0 Å². The summed E-state index contributed by atoms with van der Waals surface area (Å²) in [4.78, 5) is 2.68. The molecule has 0 saturated carbocycles. The summed E-state index contributed by atoms with van der Waals surface area (Å²) in [5, 5.41) is 0. The van der Waals surface area contributed by atoms with Crippen molar-refractivity contribution in [2.75, 3.05) is 24.4 Å². The van der Waals surface area contributed by atoms with Crippen molar-refractivity contribution in [3.63, 3.8) is 0 Å². The normalized spacial score (nSPS) is 23.4. The zero-order valence-corrected chi connectivity index (χ0v) is 15.8. The molecule has 1 saturated heterocycles. The van der Waals surface area contributed by atoms with Gasteiger partial charge in [-0.05, 0) is 57.6 Å². The van der Waals surface area contributed by atoms with E-state index in [-0.39, 0.29) is 12.0 Å². The lowest BCUT2D eigenvalue weighted by molar-refractivity contribution is 0.237. The van der Waals surface area contributed by atoms with E-state index in [9.17, 15) is 8.42 Å². The Morgan fingerprint density at radius 1 is 1.00 bits per heavy atom. The van der Waals surface area contributed by atoms with Crippen LogP contribution >= 0.6 is 0 Å². The number of rotatable bonds is 2. The molecule has 5 heteroatoms. The van der Waals surface area contributed by atoms with Crippen molar-refractivity contribution in [2.45, 2.75) is 37.1 Å². The minimum Gasteiger partial charge on any atom is -0.306 e. The molecule has 0 unspecified atom stereocenters. The number of aryl methyl sites for hydroxylation is 2. The molecular weight excluding hydrogens is 332 g/mol. The fourth-order valence-corrected chi connectivity index (χ4v) is 5.91. The molecule has 4 nitrogen and oxygen atoms in total. The van der Waals surface area contributed by atoms with Gasteiger partial charge in [-0.15, -0.1) is 0 Å². The third kappa shape index (κ3) is 2.66. The van der Waals surface area contributed by atoms with Gasteiger partial charge in [0.1, 0.15) is 0 Å². The third-order valence-corrected chi connectivity index (χ3v) is 7.33. The van der Waals surface area contributed by atoms with Crippen LogP contribution < -0.4 is 4.31 Å². The first-order valence-corrected chi connectivity index (χ1v) is 10.2. The molecule has 2 atom stereocenters. The van der Waals surface area contributed by atoms with Gasteiger partial charge in [-0.2, -0.15) is 0 Å². The van der Waals surface area contributed by atoms with E-state index in [0.29, 0.717) is 4.90 Å². The molecule has 4 rings (SSSR count). The summed E-state index contributed by atoms with van der Waals surface area (Å²) < 4.78 is 28.6. The van der Waals surface area contributed by atoms with Crippen LogP contribution in [0.2, 0.25) is 0 Å². The minimum atomic E-state index is -3.55. The summed E-state index contributed by atoms with van der Waals surface area (Å²) in [6.45, 7) is 5.87. The second-order valence-corrected chi connectivity index (χ2v) is 9.22. The topological polar surface area (TPSA) is 40.6 Å². The van der Waals surface area contributed by atoms with Crippen molar-refractivity contribution in [3.05, 3.63) is 59.2 Å². The number of fused-ring (bicyclic) bond motifs is 3. The Morgan fingerprint density at radius 2 is 1.68 bits per heavy atom. The summed E-state index contributed by atoms with van der Waals surface area (Å²) in [6, 6.07) is 13.3. The van der Waals surface area contributed by atoms with E-state index in [2.05, 4.69) is 24.9 Å². The highest BCUT2D eigenvalue weighted by atomic mass is 32.2. The molecule has 0 bridgehead atoms. The van der Waals surface area contributed by atoms with E-state index < -0.39 is 10.0 Å². The number of piperidine rings is 1. The maximum Gasteiger partial charge on any atom is 0.264 e. The first-order valence-electron chi connectivity index (χ1n) is 8.78. The average molecular weight is 356 g/mol. The van der Waals surface area contributed by atoms with Gasteiger partial charge >= 0.3 is 0 Å². The van der Waals surface area contributed by atoms with E-state index in [4.69, 9.17) is 0 Å². The first-order chi connectivity index (χ1) is 11.9. The first kappa shape index (κ1) is 16.6. The summed E-state index contributed by atoms with van der Waals surface area (Å²) in [5.41, 5.74) is 4.28. The molecule has 0 aromatic heterocycles. The number of hydrogen-bond donors (Lipinski definition) is 0. The van der Waals surface area contributed by atoms with Crippen LogP contribution in [-0.4, -0.2) is 39.5 Å². The number of anilines is 1. The van der Waals surface area contributed by atoms with Crippen molar-refractivity contribution in [2.24, 2.45) is 0 Å². The fraction of sp³-hybridized carbons (Fsp3) is 0.400. The lowest BCUT2D eigenvalue weighted by Gasteiger charge is -2.36. The Morgan fingerprint density at radius 3 is 2.40 bits per heavy atom. The lowest BCUT2D eigenvalue weighted by Crippen LogP contribution is -2.47. The van der Waals surface area contributed by atoms with Gasteiger partial charge in [-0.3, -0.25) is 4.31 Å².